The topological polar surface area (TPSA) is 134 Å². The van der Waals surface area contributed by atoms with E-state index in [0.717, 1.165) is 6.42 Å². The molecule has 210 valence electrons. The molecule has 12 nitrogen and oxygen atoms in total. The minimum atomic E-state index is -3.83. The largest absolute Gasteiger partial charge is 0.490 e. The van der Waals surface area contributed by atoms with E-state index in [1.54, 1.807) is 24.0 Å². The summed E-state index contributed by atoms with van der Waals surface area (Å²) < 4.78 is 52.9. The van der Waals surface area contributed by atoms with Crippen LogP contribution in [0.3, 0.4) is 0 Å². The van der Waals surface area contributed by atoms with Gasteiger partial charge in [0.15, 0.2) is 11.5 Å². The highest BCUT2D eigenvalue weighted by molar-refractivity contribution is 7.89. The van der Waals surface area contributed by atoms with Crippen molar-refractivity contribution >= 4 is 16.0 Å². The van der Waals surface area contributed by atoms with Gasteiger partial charge in [0, 0.05) is 51.6 Å². The lowest BCUT2D eigenvalue weighted by Crippen LogP contribution is -2.43. The highest BCUT2D eigenvalue weighted by Gasteiger charge is 2.29. The summed E-state index contributed by atoms with van der Waals surface area (Å²) in [5.41, 5.74) is 0.631. The Bertz CT molecular complexity index is 1190. The van der Waals surface area contributed by atoms with E-state index in [4.69, 9.17) is 18.9 Å². The van der Waals surface area contributed by atoms with E-state index in [1.165, 1.54) is 16.4 Å². The van der Waals surface area contributed by atoms with E-state index >= 15 is 0 Å². The molecule has 0 saturated carbocycles. The molecule has 2 aliphatic rings. The monoisotopic (exact) mass is 551 g/mol. The van der Waals surface area contributed by atoms with Gasteiger partial charge < -0.3 is 24.3 Å². The number of nitrogens with one attached hydrogen (secondary N) is 1. The molecular weight excluding hydrogens is 514 g/mol. The quantitative estimate of drug-likeness (QED) is 0.559. The van der Waals surface area contributed by atoms with Crippen LogP contribution in [0.2, 0.25) is 0 Å². The van der Waals surface area contributed by atoms with E-state index in [-0.39, 0.29) is 42.6 Å². The van der Waals surface area contributed by atoms with Crippen molar-refractivity contribution in [3.8, 4) is 11.5 Å². The summed E-state index contributed by atoms with van der Waals surface area (Å²) in [7, 11) is -2.29. The van der Waals surface area contributed by atoms with Crippen LogP contribution in [0.1, 0.15) is 38.8 Å². The number of carbonyl (C=O) groups is 1. The molecule has 38 heavy (non-hydrogen) atoms. The van der Waals surface area contributed by atoms with Crippen LogP contribution >= 0.6 is 0 Å². The van der Waals surface area contributed by atoms with Crippen LogP contribution in [-0.2, 0) is 37.4 Å². The van der Waals surface area contributed by atoms with E-state index in [2.05, 4.69) is 15.6 Å². The molecule has 13 heteroatoms. The van der Waals surface area contributed by atoms with Crippen LogP contribution in [0.25, 0.3) is 0 Å². The summed E-state index contributed by atoms with van der Waals surface area (Å²) in [6, 6.07) is 4.61. The number of benzene rings is 1. The van der Waals surface area contributed by atoms with Crippen molar-refractivity contribution in [1.82, 2.24) is 24.6 Å². The number of rotatable bonds is 4. The van der Waals surface area contributed by atoms with Crippen LogP contribution in [0, 0.1) is 5.92 Å². The summed E-state index contributed by atoms with van der Waals surface area (Å²) >= 11 is 0. The highest BCUT2D eigenvalue weighted by Crippen LogP contribution is 2.33. The molecule has 0 aliphatic carbocycles. The smallest absolute Gasteiger partial charge is 0.305 e. The Morgan fingerprint density at radius 1 is 1.13 bits per heavy atom. The molecule has 3 heterocycles. The van der Waals surface area contributed by atoms with E-state index in [9.17, 15) is 13.2 Å². The van der Waals surface area contributed by atoms with Crippen molar-refractivity contribution < 1.29 is 32.2 Å². The SMILES string of the molecule is C[C@H]1COC(=O)CCCn2cc(nn2)CO[C@@H](CN(C)S(=O)(=O)c2ccc3c(c2)OCCCO3)[C@@H](C)CN1. The number of ether oxygens (including phenoxy) is 4. The summed E-state index contributed by atoms with van der Waals surface area (Å²) in [6.45, 7) is 6.55. The van der Waals surface area contributed by atoms with Crippen LogP contribution < -0.4 is 14.8 Å². The van der Waals surface area contributed by atoms with Crippen LogP contribution in [0.4, 0.5) is 0 Å². The third-order valence-corrected chi connectivity index (χ3v) is 8.40. The fraction of sp³-hybridized carbons (Fsp3) is 0.640. The third-order valence-electron chi connectivity index (χ3n) is 6.58. The predicted octanol–water partition coefficient (Wildman–Crippen LogP) is 1.60. The fourth-order valence-corrected chi connectivity index (χ4v) is 5.39. The van der Waals surface area contributed by atoms with E-state index in [1.807, 2.05) is 13.8 Å². The summed E-state index contributed by atoms with van der Waals surface area (Å²) in [5.74, 6) is 0.644. The molecule has 1 N–H and O–H groups in total. The van der Waals surface area contributed by atoms with Gasteiger partial charge in [-0.2, -0.15) is 4.31 Å². The Labute approximate surface area is 223 Å². The van der Waals surface area contributed by atoms with Crippen molar-refractivity contribution in [3.05, 3.63) is 30.1 Å². The van der Waals surface area contributed by atoms with Crippen LogP contribution in [0.15, 0.2) is 29.3 Å². The molecule has 0 fully saturated rings. The first-order valence-corrected chi connectivity index (χ1v) is 14.4. The van der Waals surface area contributed by atoms with Crippen molar-refractivity contribution in [2.75, 3.05) is 40.0 Å². The lowest BCUT2D eigenvalue weighted by atomic mass is 10.0. The van der Waals surface area contributed by atoms with Crippen molar-refractivity contribution in [3.63, 3.8) is 0 Å². The minimum absolute atomic E-state index is 0.0640. The second-order valence-electron chi connectivity index (χ2n) is 9.84. The second kappa shape index (κ2) is 12.9. The normalized spacial score (nSPS) is 24.0. The maximum Gasteiger partial charge on any atom is 0.305 e. The molecule has 2 aliphatic heterocycles. The predicted molar refractivity (Wildman–Crippen MR) is 137 cm³/mol. The highest BCUT2D eigenvalue weighted by atomic mass is 32.2. The summed E-state index contributed by atoms with van der Waals surface area (Å²) in [4.78, 5) is 12.2. The molecule has 0 radical (unpaired) electrons. The van der Waals surface area contributed by atoms with Gasteiger partial charge in [0.2, 0.25) is 10.0 Å². The fourth-order valence-electron chi connectivity index (χ4n) is 4.19. The molecule has 4 rings (SSSR count). The number of cyclic esters (lactones) is 1. The average Bonchev–Trinajstić information content (AvgIpc) is 3.21. The molecular formula is C25H37N5O7S. The van der Waals surface area contributed by atoms with Gasteiger partial charge >= 0.3 is 5.97 Å². The zero-order chi connectivity index (χ0) is 27.1. The van der Waals surface area contributed by atoms with Gasteiger partial charge in [-0.15, -0.1) is 5.10 Å². The molecule has 0 amide bonds. The first kappa shape index (κ1) is 28.3. The molecule has 2 bridgehead atoms. The maximum atomic E-state index is 13.5. The number of carbonyl (C=O) groups excluding carboxylic acids is 1. The molecule has 0 unspecified atom stereocenters. The number of hydrogen-bond donors (Lipinski definition) is 1. The zero-order valence-electron chi connectivity index (χ0n) is 22.2. The van der Waals surface area contributed by atoms with E-state index < -0.39 is 16.1 Å². The number of hydrogen-bond acceptors (Lipinski definition) is 10. The minimum Gasteiger partial charge on any atom is -0.490 e. The standard InChI is InChI=1S/C25H37N5O7S/c1-18-13-26-19(2)16-37-25(31)6-4-9-30-14-20(27-28-30)17-36-24(18)15-29(3)38(32,33)21-7-8-22-23(12-21)35-11-5-10-34-22/h7-8,12,14,18-19,24,26H,4-6,9-11,13,15-17H2,1-3H3/t18-,19-,24-/m0/s1. The van der Waals surface area contributed by atoms with Gasteiger partial charge in [-0.3, -0.25) is 9.48 Å². The molecule has 1 aromatic carbocycles. The van der Waals surface area contributed by atoms with E-state index in [0.29, 0.717) is 56.3 Å². The zero-order valence-corrected chi connectivity index (χ0v) is 23.0. The van der Waals surface area contributed by atoms with Gasteiger partial charge in [0.25, 0.3) is 0 Å². The number of aromatic nitrogens is 3. The Kier molecular flexibility index (Phi) is 9.58. The van der Waals surface area contributed by atoms with Crippen LogP contribution in [0.5, 0.6) is 11.5 Å². The molecule has 2 aromatic rings. The van der Waals surface area contributed by atoms with Gasteiger partial charge in [-0.25, -0.2) is 8.42 Å². The van der Waals surface area contributed by atoms with Gasteiger partial charge in [-0.1, -0.05) is 12.1 Å². The number of nitrogens with zero attached hydrogens (tertiary/aromatic N) is 4. The van der Waals surface area contributed by atoms with Gasteiger partial charge in [0.05, 0.1) is 37.0 Å². The number of fused-ring (bicyclic) bond motifs is 3. The first-order chi connectivity index (χ1) is 18.2. The number of sulfonamides is 1. The number of esters is 1. The Morgan fingerprint density at radius 2 is 1.92 bits per heavy atom. The van der Waals surface area contributed by atoms with Gasteiger partial charge in [-0.05, 0) is 31.4 Å². The average molecular weight is 552 g/mol. The van der Waals surface area contributed by atoms with Crippen LogP contribution in [-0.4, -0.2) is 85.8 Å². The summed E-state index contributed by atoms with van der Waals surface area (Å²) in [6.07, 6.45) is 2.96. The molecule has 1 aromatic heterocycles. The third kappa shape index (κ3) is 7.43. The summed E-state index contributed by atoms with van der Waals surface area (Å²) in [5, 5.41) is 11.6. The van der Waals surface area contributed by atoms with Gasteiger partial charge in [0.1, 0.15) is 12.3 Å². The first-order valence-electron chi connectivity index (χ1n) is 13.0. The molecule has 0 saturated heterocycles. The number of likely N-dealkylation sites (N-methyl/N-ethyl adjacent to an activating group) is 1. The van der Waals surface area contributed by atoms with Crippen molar-refractivity contribution in [2.24, 2.45) is 5.92 Å². The number of aryl methyl sites for hydroxylation is 1. The Hall–Kier alpha value is -2.74. The lowest BCUT2D eigenvalue weighted by Gasteiger charge is -2.29. The second-order valence-corrected chi connectivity index (χ2v) is 11.9. The Morgan fingerprint density at radius 3 is 2.74 bits per heavy atom. The van der Waals surface area contributed by atoms with Crippen molar-refractivity contribution in [2.45, 2.75) is 63.3 Å². The molecule has 3 atom stereocenters. The van der Waals surface area contributed by atoms with Crippen molar-refractivity contribution in [1.29, 1.82) is 0 Å². The lowest BCUT2D eigenvalue weighted by molar-refractivity contribution is -0.144. The maximum absolute atomic E-state index is 13.5. The Balaban J connectivity index is 1.49. The molecule has 0 spiro atoms.